The van der Waals surface area contributed by atoms with Crippen LogP contribution < -0.4 is 0 Å². The van der Waals surface area contributed by atoms with E-state index in [-0.39, 0.29) is 5.56 Å². The highest BCUT2D eigenvalue weighted by atomic mass is 19.1. The zero-order chi connectivity index (χ0) is 22.1. The molecule has 1 aromatic carbocycles. The molecule has 0 atom stereocenters. The van der Waals surface area contributed by atoms with Gasteiger partial charge in [0.15, 0.2) is 0 Å². The molecule has 0 fully saturated rings. The van der Waals surface area contributed by atoms with Gasteiger partial charge < -0.3 is 4.57 Å². The molecule has 5 nitrogen and oxygen atoms in total. The molecule has 0 radical (unpaired) electrons. The molecular weight excluding hydrogens is 384 g/mol. The van der Waals surface area contributed by atoms with E-state index >= 15 is 0 Å². The summed E-state index contributed by atoms with van der Waals surface area (Å²) in [6.07, 6.45) is 7.99. The highest BCUT2D eigenvalue weighted by molar-refractivity contribution is 5.69. The van der Waals surface area contributed by atoms with Crippen LogP contribution in [-0.4, -0.2) is 19.7 Å². The Hall–Kier alpha value is -3.14. The summed E-state index contributed by atoms with van der Waals surface area (Å²) in [5.74, 6) is 0.654. The van der Waals surface area contributed by atoms with Crippen molar-refractivity contribution >= 4 is 0 Å². The Bertz CT molecular complexity index is 984. The van der Waals surface area contributed by atoms with Gasteiger partial charge in [-0.15, -0.1) is 10.2 Å². The Kier molecular flexibility index (Phi) is 8.60. The monoisotopic (exact) mass is 411 g/mol. The van der Waals surface area contributed by atoms with Gasteiger partial charge in [-0.1, -0.05) is 26.7 Å². The highest BCUT2D eigenvalue weighted by Crippen LogP contribution is 2.26. The summed E-state index contributed by atoms with van der Waals surface area (Å²) in [6, 6.07) is 7.12. The van der Waals surface area contributed by atoms with E-state index in [1.807, 2.05) is 17.7 Å². The van der Waals surface area contributed by atoms with Crippen LogP contribution in [0.25, 0.3) is 11.1 Å². The molecule has 0 saturated carbocycles. The Morgan fingerprint density at radius 1 is 1.13 bits per heavy atom. The standard InChI is InChI=1S/C13H8F2N2.C10H19N3/c1-8-10(6-16)4-11(14)5-12(8)9-2-3-13(15)17-7-9;1-4-6-9(7-5-2)10-12-11-8-13(10)3/h2-5,7H,1H3;8-9H,4-7H2,1-3H3. The number of hydrogen-bond acceptors (Lipinski definition) is 4. The first-order valence-corrected chi connectivity index (χ1v) is 10.1. The first-order chi connectivity index (χ1) is 14.4. The van der Waals surface area contributed by atoms with Crippen LogP contribution in [0.5, 0.6) is 0 Å². The Morgan fingerprint density at radius 2 is 1.83 bits per heavy atom. The maximum Gasteiger partial charge on any atom is 0.212 e. The van der Waals surface area contributed by atoms with Gasteiger partial charge in [0.25, 0.3) is 0 Å². The van der Waals surface area contributed by atoms with Crippen molar-refractivity contribution in [2.24, 2.45) is 7.05 Å². The summed E-state index contributed by atoms with van der Waals surface area (Å²) in [4.78, 5) is 3.51. The van der Waals surface area contributed by atoms with E-state index in [1.54, 1.807) is 13.3 Å². The minimum atomic E-state index is -0.594. The van der Waals surface area contributed by atoms with Gasteiger partial charge in [-0.25, -0.2) is 9.37 Å². The summed E-state index contributed by atoms with van der Waals surface area (Å²) in [6.45, 7) is 6.16. The topological polar surface area (TPSA) is 67.4 Å². The van der Waals surface area contributed by atoms with Crippen LogP contribution in [0.4, 0.5) is 8.78 Å². The van der Waals surface area contributed by atoms with Crippen molar-refractivity contribution in [2.45, 2.75) is 52.4 Å². The molecular formula is C23H27F2N5. The molecule has 0 spiro atoms. The number of benzene rings is 1. The fourth-order valence-electron chi connectivity index (χ4n) is 3.39. The summed E-state index contributed by atoms with van der Waals surface area (Å²) < 4.78 is 28.0. The normalized spacial score (nSPS) is 10.5. The fourth-order valence-corrected chi connectivity index (χ4v) is 3.39. The zero-order valence-corrected chi connectivity index (χ0v) is 17.9. The number of rotatable bonds is 6. The molecule has 0 bridgehead atoms. The van der Waals surface area contributed by atoms with Gasteiger partial charge >= 0.3 is 0 Å². The minimum absolute atomic E-state index is 0.268. The second kappa shape index (κ2) is 11.1. The van der Waals surface area contributed by atoms with Gasteiger partial charge in [0.05, 0.1) is 11.6 Å². The summed E-state index contributed by atoms with van der Waals surface area (Å²) in [5, 5.41) is 17.0. The number of aryl methyl sites for hydroxylation is 1. The van der Waals surface area contributed by atoms with Crippen LogP contribution >= 0.6 is 0 Å². The van der Waals surface area contributed by atoms with E-state index in [1.165, 1.54) is 56.1 Å². The fraction of sp³-hybridized carbons (Fsp3) is 0.391. The van der Waals surface area contributed by atoms with E-state index in [2.05, 4.69) is 29.0 Å². The van der Waals surface area contributed by atoms with Crippen LogP contribution in [0.1, 0.15) is 62.4 Å². The van der Waals surface area contributed by atoms with Gasteiger partial charge in [-0.05, 0) is 55.2 Å². The predicted octanol–water partition coefficient (Wildman–Crippen LogP) is 5.71. The quantitative estimate of drug-likeness (QED) is 0.488. The number of halogens is 2. The third-order valence-corrected chi connectivity index (χ3v) is 4.92. The van der Waals surface area contributed by atoms with Crippen molar-refractivity contribution < 1.29 is 8.78 Å². The van der Waals surface area contributed by atoms with Crippen molar-refractivity contribution in [1.29, 1.82) is 5.26 Å². The number of hydrogen-bond donors (Lipinski definition) is 0. The van der Waals surface area contributed by atoms with Gasteiger partial charge in [0.2, 0.25) is 5.95 Å². The van der Waals surface area contributed by atoms with Crippen LogP contribution in [0.3, 0.4) is 0 Å². The van der Waals surface area contributed by atoms with Crippen LogP contribution in [0, 0.1) is 30.0 Å². The third kappa shape index (κ3) is 5.93. The lowest BCUT2D eigenvalue weighted by atomic mass is 9.97. The third-order valence-electron chi connectivity index (χ3n) is 4.92. The largest absolute Gasteiger partial charge is 0.320 e. The number of pyridine rings is 1. The average molecular weight is 412 g/mol. The van der Waals surface area contributed by atoms with Gasteiger partial charge in [-0.2, -0.15) is 9.65 Å². The molecule has 7 heteroatoms. The maximum atomic E-state index is 13.3. The average Bonchev–Trinajstić information content (AvgIpc) is 3.16. The van der Waals surface area contributed by atoms with Crippen LogP contribution in [0.15, 0.2) is 36.8 Å². The highest BCUT2D eigenvalue weighted by Gasteiger charge is 2.14. The molecule has 30 heavy (non-hydrogen) atoms. The van der Waals surface area contributed by atoms with Gasteiger partial charge in [0, 0.05) is 24.7 Å². The molecule has 0 amide bonds. The molecule has 0 saturated heterocycles. The molecule has 0 N–H and O–H groups in total. The van der Waals surface area contributed by atoms with Crippen molar-refractivity contribution in [3.05, 3.63) is 65.5 Å². The number of nitriles is 1. The van der Waals surface area contributed by atoms with Crippen molar-refractivity contribution in [3.63, 3.8) is 0 Å². The lowest BCUT2D eigenvalue weighted by Crippen LogP contribution is -2.05. The molecule has 0 aliphatic rings. The zero-order valence-electron chi connectivity index (χ0n) is 17.9. The van der Waals surface area contributed by atoms with Gasteiger partial charge in [-0.3, -0.25) is 0 Å². The van der Waals surface area contributed by atoms with Crippen LogP contribution in [0.2, 0.25) is 0 Å². The van der Waals surface area contributed by atoms with Crippen molar-refractivity contribution in [1.82, 2.24) is 19.7 Å². The molecule has 0 aliphatic heterocycles. The first-order valence-electron chi connectivity index (χ1n) is 10.1. The van der Waals surface area contributed by atoms with E-state index in [0.717, 1.165) is 5.82 Å². The molecule has 3 aromatic rings. The SMILES string of the molecule is CCCC(CCC)c1nncn1C.Cc1c(C#N)cc(F)cc1-c1ccc(F)nc1. The first kappa shape index (κ1) is 23.1. The van der Waals surface area contributed by atoms with E-state index in [4.69, 9.17) is 5.26 Å². The summed E-state index contributed by atoms with van der Waals surface area (Å²) >= 11 is 0. The second-order valence-electron chi connectivity index (χ2n) is 7.18. The smallest absolute Gasteiger partial charge is 0.212 e. The van der Waals surface area contributed by atoms with E-state index < -0.39 is 11.8 Å². The number of aromatic nitrogens is 4. The summed E-state index contributed by atoms with van der Waals surface area (Å²) in [5.41, 5.74) is 2.06. The Labute approximate surface area is 176 Å². The molecule has 2 heterocycles. The van der Waals surface area contributed by atoms with Gasteiger partial charge in [0.1, 0.15) is 18.0 Å². The minimum Gasteiger partial charge on any atom is -0.320 e. The molecule has 0 unspecified atom stereocenters. The lowest BCUT2D eigenvalue weighted by Gasteiger charge is -2.13. The summed E-state index contributed by atoms with van der Waals surface area (Å²) in [7, 11) is 2.02. The van der Waals surface area contributed by atoms with E-state index in [0.29, 0.717) is 22.6 Å². The Morgan fingerprint density at radius 3 is 2.33 bits per heavy atom. The van der Waals surface area contributed by atoms with Crippen molar-refractivity contribution in [3.8, 4) is 17.2 Å². The second-order valence-corrected chi connectivity index (χ2v) is 7.18. The molecule has 3 rings (SSSR count). The predicted molar refractivity (Wildman–Crippen MR) is 113 cm³/mol. The van der Waals surface area contributed by atoms with Crippen molar-refractivity contribution in [2.75, 3.05) is 0 Å². The number of nitrogens with zero attached hydrogens (tertiary/aromatic N) is 5. The molecule has 0 aliphatic carbocycles. The Balaban J connectivity index is 0.000000222. The molecule has 158 valence electrons. The lowest BCUT2D eigenvalue weighted by molar-refractivity contribution is 0.517. The maximum absolute atomic E-state index is 13.3. The van der Waals surface area contributed by atoms with Crippen LogP contribution in [-0.2, 0) is 7.05 Å². The van der Waals surface area contributed by atoms with E-state index in [9.17, 15) is 8.78 Å². The molecule has 2 aromatic heterocycles.